The fraction of sp³-hybridized carbons (Fsp3) is 0.875. The van der Waals surface area contributed by atoms with Crippen LogP contribution in [0.15, 0.2) is 11.6 Å². The summed E-state index contributed by atoms with van der Waals surface area (Å²) < 4.78 is 5.68. The van der Waals surface area contributed by atoms with Crippen molar-refractivity contribution in [3.63, 3.8) is 0 Å². The Labute approximate surface area is 160 Å². The number of rotatable bonds is 4. The van der Waals surface area contributed by atoms with Crippen LogP contribution in [0, 0.1) is 34.5 Å². The van der Waals surface area contributed by atoms with Crippen LogP contribution in [0.4, 0.5) is 0 Å². The Morgan fingerprint density at radius 1 is 1.15 bits per heavy atom. The molecule has 2 nitrogen and oxygen atoms in total. The Kier molecular flexibility index (Phi) is 4.87. The van der Waals surface area contributed by atoms with Crippen molar-refractivity contribution in [3.8, 4) is 0 Å². The number of carbonyl (C=O) groups is 1. The van der Waals surface area contributed by atoms with Gasteiger partial charge in [0.1, 0.15) is 6.61 Å². The Hall–Kier alpha value is -0.630. The van der Waals surface area contributed by atoms with E-state index in [-0.39, 0.29) is 17.4 Å². The van der Waals surface area contributed by atoms with Crippen LogP contribution in [0.3, 0.4) is 0 Å². The summed E-state index contributed by atoms with van der Waals surface area (Å²) in [4.78, 5) is 12.9. The molecule has 4 aliphatic rings. The zero-order chi connectivity index (χ0) is 18.5. The molecule has 0 N–H and O–H groups in total. The smallest absolute Gasteiger partial charge is 0.162 e. The molecule has 0 aliphatic heterocycles. The number of fused-ring (bicyclic) bond motifs is 5. The maximum atomic E-state index is 12.9. The van der Waals surface area contributed by atoms with Crippen molar-refractivity contribution in [1.29, 1.82) is 0 Å². The number of carbonyl (C=O) groups excluding carboxylic acids is 1. The Bertz CT molecular complexity index is 591. The van der Waals surface area contributed by atoms with Crippen molar-refractivity contribution in [2.45, 2.75) is 91.6 Å². The summed E-state index contributed by atoms with van der Waals surface area (Å²) in [5.74, 6) is 3.02. The van der Waals surface area contributed by atoms with E-state index in [0.29, 0.717) is 17.8 Å². The fourth-order valence-corrected chi connectivity index (χ4v) is 7.58. The molecule has 3 fully saturated rings. The van der Waals surface area contributed by atoms with Gasteiger partial charge in [-0.25, -0.2) is 0 Å². The fourth-order valence-electron chi connectivity index (χ4n) is 7.58. The average molecular weight is 359 g/mol. The van der Waals surface area contributed by atoms with Crippen molar-refractivity contribution >= 4 is 5.78 Å². The molecule has 4 rings (SSSR count). The van der Waals surface area contributed by atoms with E-state index in [1.807, 2.05) is 13.8 Å². The van der Waals surface area contributed by atoms with E-state index in [4.69, 9.17) is 4.74 Å². The molecule has 4 aliphatic carbocycles. The van der Waals surface area contributed by atoms with E-state index in [1.54, 1.807) is 5.57 Å². The van der Waals surface area contributed by atoms with E-state index in [2.05, 4.69) is 19.9 Å². The number of hydrogen-bond donors (Lipinski definition) is 0. The quantitative estimate of drug-likeness (QED) is 0.580. The minimum Gasteiger partial charge on any atom is -0.371 e. The lowest BCUT2D eigenvalue weighted by Gasteiger charge is -2.57. The number of ketones is 1. The van der Waals surface area contributed by atoms with E-state index >= 15 is 0 Å². The Morgan fingerprint density at radius 3 is 2.73 bits per heavy atom. The molecule has 0 radical (unpaired) electrons. The third kappa shape index (κ3) is 2.82. The molecule has 0 heterocycles. The normalized spacial score (nSPS) is 44.9. The summed E-state index contributed by atoms with van der Waals surface area (Å²) >= 11 is 0. The summed E-state index contributed by atoms with van der Waals surface area (Å²) in [5.41, 5.74) is 2.46. The highest BCUT2D eigenvalue weighted by Crippen LogP contribution is 2.66. The lowest BCUT2D eigenvalue weighted by Crippen LogP contribution is -2.50. The van der Waals surface area contributed by atoms with Crippen LogP contribution in [0.2, 0.25) is 0 Å². The molecule has 0 amide bonds. The van der Waals surface area contributed by atoms with Gasteiger partial charge >= 0.3 is 0 Å². The van der Waals surface area contributed by atoms with Gasteiger partial charge in [-0.2, -0.15) is 0 Å². The van der Waals surface area contributed by atoms with Gasteiger partial charge in [-0.15, -0.1) is 0 Å². The zero-order valence-electron chi connectivity index (χ0n) is 17.4. The van der Waals surface area contributed by atoms with Gasteiger partial charge < -0.3 is 4.74 Å². The highest BCUT2D eigenvalue weighted by molar-refractivity contribution is 5.83. The summed E-state index contributed by atoms with van der Waals surface area (Å²) in [6, 6.07) is 0. The first-order valence-corrected chi connectivity index (χ1v) is 11.2. The van der Waals surface area contributed by atoms with Gasteiger partial charge in [0, 0.05) is 5.92 Å². The molecule has 0 aromatic heterocycles. The number of hydrogen-bond acceptors (Lipinski definition) is 2. The minimum absolute atomic E-state index is 0.146. The van der Waals surface area contributed by atoms with Crippen LogP contribution in [0.1, 0.15) is 85.5 Å². The topological polar surface area (TPSA) is 26.3 Å². The van der Waals surface area contributed by atoms with Crippen molar-refractivity contribution in [2.75, 3.05) is 6.61 Å². The summed E-state index contributed by atoms with van der Waals surface area (Å²) in [6.07, 6.45) is 14.5. The van der Waals surface area contributed by atoms with Gasteiger partial charge in [0.2, 0.25) is 0 Å². The SMILES string of the molecule is CC(C)OCC(=O)[C@H]1CC[C@H]2[C@@H]3CC=C4CCCC[C@]4(C)[C@H]3CC[C@]12C. The Balaban J connectivity index is 1.55. The van der Waals surface area contributed by atoms with Crippen LogP contribution < -0.4 is 0 Å². The molecular formula is C24H38O2. The molecule has 2 heteroatoms. The monoisotopic (exact) mass is 358 g/mol. The lowest BCUT2D eigenvalue weighted by atomic mass is 9.47. The van der Waals surface area contributed by atoms with Gasteiger partial charge in [-0.05, 0) is 93.8 Å². The second-order valence-corrected chi connectivity index (χ2v) is 10.5. The second kappa shape index (κ2) is 6.76. The van der Waals surface area contributed by atoms with Gasteiger partial charge in [0.25, 0.3) is 0 Å². The van der Waals surface area contributed by atoms with E-state index in [9.17, 15) is 4.79 Å². The summed E-state index contributed by atoms with van der Waals surface area (Å²) in [5, 5.41) is 0. The van der Waals surface area contributed by atoms with E-state index < -0.39 is 0 Å². The predicted molar refractivity (Wildman–Crippen MR) is 106 cm³/mol. The third-order valence-electron chi connectivity index (χ3n) is 8.97. The zero-order valence-corrected chi connectivity index (χ0v) is 17.4. The minimum atomic E-state index is 0.146. The second-order valence-electron chi connectivity index (χ2n) is 10.5. The van der Waals surface area contributed by atoms with Crippen molar-refractivity contribution in [2.24, 2.45) is 34.5 Å². The molecule has 0 aromatic carbocycles. The van der Waals surface area contributed by atoms with Crippen LogP contribution in [-0.2, 0) is 9.53 Å². The molecule has 0 saturated heterocycles. The summed E-state index contributed by atoms with van der Waals surface area (Å²) in [6.45, 7) is 9.39. The number of ether oxygens (including phenoxy) is 1. The third-order valence-corrected chi connectivity index (χ3v) is 8.97. The summed E-state index contributed by atoms with van der Waals surface area (Å²) in [7, 11) is 0. The maximum absolute atomic E-state index is 12.9. The first kappa shape index (κ1) is 18.7. The first-order valence-electron chi connectivity index (χ1n) is 11.2. The standard InChI is InChI=1S/C24H38O2/c1-16(2)26-15-22(25)21-11-10-19-18-9-8-17-7-5-6-13-23(17,3)20(18)12-14-24(19,21)4/h8,16,18-21H,5-7,9-15H2,1-4H3/t18-,19-,20-,21+,23-,24-/m0/s1. The highest BCUT2D eigenvalue weighted by Gasteiger charge is 2.59. The Morgan fingerprint density at radius 2 is 1.96 bits per heavy atom. The van der Waals surface area contributed by atoms with Gasteiger partial charge in [-0.3, -0.25) is 4.79 Å². The van der Waals surface area contributed by atoms with Gasteiger partial charge in [0.05, 0.1) is 6.10 Å². The van der Waals surface area contributed by atoms with Gasteiger partial charge in [0.15, 0.2) is 5.78 Å². The molecule has 0 aromatic rings. The van der Waals surface area contributed by atoms with E-state index in [0.717, 1.165) is 24.2 Å². The molecule has 6 atom stereocenters. The van der Waals surface area contributed by atoms with Crippen LogP contribution in [0.5, 0.6) is 0 Å². The van der Waals surface area contributed by atoms with Crippen molar-refractivity contribution < 1.29 is 9.53 Å². The molecule has 0 spiro atoms. The molecule has 146 valence electrons. The predicted octanol–water partition coefficient (Wildman–Crippen LogP) is 5.95. The largest absolute Gasteiger partial charge is 0.371 e. The van der Waals surface area contributed by atoms with Crippen molar-refractivity contribution in [1.82, 2.24) is 0 Å². The highest BCUT2D eigenvalue weighted by atomic mass is 16.5. The van der Waals surface area contributed by atoms with Crippen LogP contribution >= 0.6 is 0 Å². The van der Waals surface area contributed by atoms with Crippen LogP contribution in [-0.4, -0.2) is 18.5 Å². The maximum Gasteiger partial charge on any atom is 0.162 e. The first-order chi connectivity index (χ1) is 12.4. The van der Waals surface area contributed by atoms with E-state index in [1.165, 1.54) is 51.4 Å². The van der Waals surface area contributed by atoms with Gasteiger partial charge in [-0.1, -0.05) is 31.9 Å². The molecular weight excluding hydrogens is 320 g/mol. The number of Topliss-reactive ketones (excluding diaryl/α,β-unsaturated/α-hetero) is 1. The molecule has 26 heavy (non-hydrogen) atoms. The van der Waals surface area contributed by atoms with Crippen LogP contribution in [0.25, 0.3) is 0 Å². The number of allylic oxidation sites excluding steroid dienone is 2. The average Bonchev–Trinajstić information content (AvgIpc) is 2.96. The lowest BCUT2D eigenvalue weighted by molar-refractivity contribution is -0.135. The van der Waals surface area contributed by atoms with Crippen molar-refractivity contribution in [3.05, 3.63) is 11.6 Å². The molecule has 0 bridgehead atoms. The molecule has 0 unspecified atom stereocenters. The molecule has 3 saturated carbocycles.